The van der Waals surface area contributed by atoms with E-state index in [9.17, 15) is 0 Å². The highest BCUT2D eigenvalue weighted by Crippen LogP contribution is 2.31. The number of hydrogen-bond donors (Lipinski definition) is 2. The summed E-state index contributed by atoms with van der Waals surface area (Å²) in [5.74, 6) is 2.29. The summed E-state index contributed by atoms with van der Waals surface area (Å²) in [5, 5.41) is 0. The van der Waals surface area contributed by atoms with E-state index in [-0.39, 0.29) is 17.9 Å². The molecule has 2 aliphatic rings. The van der Waals surface area contributed by atoms with Gasteiger partial charge in [-0.05, 0) is 32.8 Å². The van der Waals surface area contributed by atoms with Crippen molar-refractivity contribution < 1.29 is 9.47 Å². The molecule has 0 aromatic carbocycles. The number of nitrogens with two attached hydrogens (primary N) is 2. The van der Waals surface area contributed by atoms with Crippen molar-refractivity contribution in [2.45, 2.75) is 38.8 Å². The minimum Gasteiger partial charge on any atom is -0.474 e. The molecule has 0 amide bonds. The van der Waals surface area contributed by atoms with Crippen LogP contribution in [0.25, 0.3) is 11.3 Å². The molecule has 2 saturated heterocycles. The fourth-order valence-corrected chi connectivity index (χ4v) is 4.70. The highest BCUT2D eigenvalue weighted by atomic mass is 16.5. The van der Waals surface area contributed by atoms with Crippen LogP contribution in [0.3, 0.4) is 0 Å². The van der Waals surface area contributed by atoms with E-state index in [0.29, 0.717) is 61.2 Å². The van der Waals surface area contributed by atoms with Gasteiger partial charge in [-0.2, -0.15) is 9.97 Å². The Hall–Kier alpha value is -3.77. The normalized spacial score (nSPS) is 17.1. The smallest absolute Gasteiger partial charge is 0.228 e. The summed E-state index contributed by atoms with van der Waals surface area (Å²) in [6.45, 7) is 9.21. The van der Waals surface area contributed by atoms with Gasteiger partial charge in [0.15, 0.2) is 0 Å². The number of hydrogen-bond acceptors (Lipinski definition) is 12. The van der Waals surface area contributed by atoms with Crippen LogP contribution in [0.1, 0.15) is 26.7 Å². The Kier molecular flexibility index (Phi) is 7.70. The summed E-state index contributed by atoms with van der Waals surface area (Å²) in [7, 11) is 1.94. The summed E-state index contributed by atoms with van der Waals surface area (Å²) in [6.07, 6.45) is 5.59. The first-order chi connectivity index (χ1) is 18.4. The largest absolute Gasteiger partial charge is 0.474 e. The Labute approximate surface area is 223 Å². The number of piperidine rings is 1. The SMILES string of the molecule is CC(C)N1CCC(Oc2ccc(N(C)c3cc(-c4cnc(N)nc4N)nc(N4CCOCC4)n3)cn2)CC1. The average molecular weight is 521 g/mol. The molecule has 5 heterocycles. The molecule has 202 valence electrons. The number of nitrogen functional groups attached to an aromatic ring is 2. The first kappa shape index (κ1) is 25.9. The van der Waals surface area contributed by atoms with E-state index in [4.69, 9.17) is 30.9 Å². The molecule has 2 aliphatic heterocycles. The number of morpholine rings is 1. The summed E-state index contributed by atoms with van der Waals surface area (Å²) in [5.41, 5.74) is 14.0. The minimum atomic E-state index is 0.116. The summed E-state index contributed by atoms with van der Waals surface area (Å²) in [6, 6.07) is 6.33. The van der Waals surface area contributed by atoms with Crippen LogP contribution in [0.2, 0.25) is 0 Å². The Morgan fingerprint density at radius 1 is 1.00 bits per heavy atom. The summed E-state index contributed by atoms with van der Waals surface area (Å²) in [4.78, 5) is 29.0. The molecule has 5 rings (SSSR count). The molecule has 12 heteroatoms. The molecule has 2 fully saturated rings. The second kappa shape index (κ2) is 11.3. The minimum absolute atomic E-state index is 0.116. The van der Waals surface area contributed by atoms with E-state index < -0.39 is 0 Å². The van der Waals surface area contributed by atoms with Crippen LogP contribution in [0.15, 0.2) is 30.6 Å². The van der Waals surface area contributed by atoms with Crippen molar-refractivity contribution in [3.63, 3.8) is 0 Å². The first-order valence-corrected chi connectivity index (χ1v) is 13.1. The van der Waals surface area contributed by atoms with Crippen LogP contribution >= 0.6 is 0 Å². The average Bonchev–Trinajstić information content (AvgIpc) is 2.93. The maximum Gasteiger partial charge on any atom is 0.228 e. The highest BCUT2D eigenvalue weighted by Gasteiger charge is 2.23. The second-order valence-corrected chi connectivity index (χ2v) is 9.90. The van der Waals surface area contributed by atoms with Crippen LogP contribution in [0, 0.1) is 0 Å². The number of ether oxygens (including phenoxy) is 2. The van der Waals surface area contributed by atoms with E-state index in [1.54, 1.807) is 12.4 Å². The molecule has 0 bridgehead atoms. The van der Waals surface area contributed by atoms with Gasteiger partial charge in [0.1, 0.15) is 17.7 Å². The molecule has 38 heavy (non-hydrogen) atoms. The molecule has 0 saturated carbocycles. The lowest BCUT2D eigenvalue weighted by Gasteiger charge is -2.34. The van der Waals surface area contributed by atoms with Crippen molar-refractivity contribution in [1.82, 2.24) is 29.8 Å². The van der Waals surface area contributed by atoms with E-state index >= 15 is 0 Å². The summed E-state index contributed by atoms with van der Waals surface area (Å²) >= 11 is 0. The fraction of sp³-hybridized carbons (Fsp3) is 0.500. The lowest BCUT2D eigenvalue weighted by Crippen LogP contribution is -2.41. The zero-order valence-corrected chi connectivity index (χ0v) is 22.2. The van der Waals surface area contributed by atoms with E-state index in [1.165, 1.54) is 0 Å². The molecule has 0 spiro atoms. The zero-order chi connectivity index (χ0) is 26.6. The van der Waals surface area contributed by atoms with Gasteiger partial charge in [0.05, 0.1) is 36.4 Å². The van der Waals surface area contributed by atoms with Crippen molar-refractivity contribution in [1.29, 1.82) is 0 Å². The lowest BCUT2D eigenvalue weighted by atomic mass is 10.1. The standard InChI is InChI=1S/C26H36N10O2/c1-17(2)35-8-6-19(7-9-35)38-23-5-4-18(15-29-23)34(3)22-14-21(20-16-30-25(28)33-24(20)27)31-26(32-22)36-10-12-37-13-11-36/h4-5,14-17,19H,6-13H2,1-3H3,(H4,27,28,30,33). The number of likely N-dealkylation sites (tertiary alicyclic amines) is 1. The van der Waals surface area contributed by atoms with Crippen molar-refractivity contribution in [3.8, 4) is 17.1 Å². The number of anilines is 5. The van der Waals surface area contributed by atoms with Gasteiger partial charge in [-0.25, -0.2) is 15.0 Å². The molecule has 3 aromatic heterocycles. The number of rotatable bonds is 7. The third-order valence-corrected chi connectivity index (χ3v) is 7.05. The van der Waals surface area contributed by atoms with Gasteiger partial charge >= 0.3 is 0 Å². The van der Waals surface area contributed by atoms with E-state index in [1.807, 2.05) is 30.1 Å². The van der Waals surface area contributed by atoms with E-state index in [0.717, 1.165) is 31.6 Å². The fourth-order valence-electron chi connectivity index (χ4n) is 4.70. The molecule has 3 aromatic rings. The predicted molar refractivity (Wildman–Crippen MR) is 148 cm³/mol. The van der Waals surface area contributed by atoms with Gasteiger partial charge in [0.25, 0.3) is 0 Å². The van der Waals surface area contributed by atoms with Crippen molar-refractivity contribution in [2.24, 2.45) is 0 Å². The van der Waals surface area contributed by atoms with Gasteiger partial charge in [-0.1, -0.05) is 0 Å². The second-order valence-electron chi connectivity index (χ2n) is 9.90. The number of nitrogens with zero attached hydrogens (tertiary/aromatic N) is 8. The van der Waals surface area contributed by atoms with Gasteiger partial charge in [-0.3, -0.25) is 0 Å². The first-order valence-electron chi connectivity index (χ1n) is 13.1. The third kappa shape index (κ3) is 5.86. The topological polar surface area (TPSA) is 145 Å². The number of aromatic nitrogens is 5. The van der Waals surface area contributed by atoms with Crippen LogP contribution in [0.4, 0.5) is 29.2 Å². The Bertz CT molecular complexity index is 1230. The van der Waals surface area contributed by atoms with Crippen molar-refractivity contribution in [2.75, 3.05) is 67.7 Å². The van der Waals surface area contributed by atoms with Crippen molar-refractivity contribution in [3.05, 3.63) is 30.6 Å². The molecular weight excluding hydrogens is 484 g/mol. The molecule has 4 N–H and O–H groups in total. The predicted octanol–water partition coefficient (Wildman–Crippen LogP) is 2.35. The maximum atomic E-state index is 6.18. The molecule has 0 atom stereocenters. The van der Waals surface area contributed by atoms with E-state index in [2.05, 4.69) is 38.6 Å². The molecule has 12 nitrogen and oxygen atoms in total. The van der Waals surface area contributed by atoms with Crippen LogP contribution in [-0.4, -0.2) is 88.4 Å². The van der Waals surface area contributed by atoms with Crippen LogP contribution in [0.5, 0.6) is 5.88 Å². The highest BCUT2D eigenvalue weighted by molar-refractivity contribution is 5.75. The zero-order valence-electron chi connectivity index (χ0n) is 22.2. The molecular formula is C26H36N10O2. The van der Waals surface area contributed by atoms with Gasteiger partial charge in [0.2, 0.25) is 17.8 Å². The van der Waals surface area contributed by atoms with Gasteiger partial charge in [0, 0.05) is 57.6 Å². The summed E-state index contributed by atoms with van der Waals surface area (Å²) < 4.78 is 11.7. The number of pyridine rings is 1. The van der Waals surface area contributed by atoms with Gasteiger partial charge < -0.3 is 35.6 Å². The van der Waals surface area contributed by atoms with Crippen molar-refractivity contribution >= 4 is 29.2 Å². The van der Waals surface area contributed by atoms with Gasteiger partial charge in [-0.15, -0.1) is 0 Å². The maximum absolute atomic E-state index is 6.18. The Morgan fingerprint density at radius 3 is 2.42 bits per heavy atom. The third-order valence-electron chi connectivity index (χ3n) is 7.05. The quantitative estimate of drug-likeness (QED) is 0.471. The lowest BCUT2D eigenvalue weighted by molar-refractivity contribution is 0.0813. The molecule has 0 unspecified atom stereocenters. The van der Waals surface area contributed by atoms with Crippen LogP contribution in [-0.2, 0) is 4.74 Å². The Morgan fingerprint density at radius 2 is 1.76 bits per heavy atom. The van der Waals surface area contributed by atoms with Crippen LogP contribution < -0.4 is 26.0 Å². The Balaban J connectivity index is 1.37. The monoisotopic (exact) mass is 520 g/mol. The molecule has 0 aliphatic carbocycles. The molecule has 0 radical (unpaired) electrons.